The molecule has 0 spiro atoms. The Morgan fingerprint density at radius 1 is 1.12 bits per heavy atom. The summed E-state index contributed by atoms with van der Waals surface area (Å²) < 4.78 is 7.62. The van der Waals surface area contributed by atoms with Crippen molar-refractivity contribution in [3.8, 4) is 11.6 Å². The molecule has 4 heteroatoms. The van der Waals surface area contributed by atoms with Gasteiger partial charge in [-0.25, -0.2) is 0 Å². The monoisotopic (exact) mass is 225 g/mol. The zero-order valence-electron chi connectivity index (χ0n) is 9.37. The van der Waals surface area contributed by atoms with Crippen LogP contribution in [0.3, 0.4) is 0 Å². The van der Waals surface area contributed by atoms with Crippen molar-refractivity contribution in [2.75, 3.05) is 0 Å². The van der Waals surface area contributed by atoms with Gasteiger partial charge in [0.1, 0.15) is 12.1 Å². The molecular weight excluding hydrogens is 214 g/mol. The van der Waals surface area contributed by atoms with Crippen LogP contribution in [-0.2, 0) is 0 Å². The summed E-state index contributed by atoms with van der Waals surface area (Å²) in [7, 11) is 0. The molecule has 17 heavy (non-hydrogen) atoms. The van der Waals surface area contributed by atoms with Crippen LogP contribution in [0.2, 0.25) is 0 Å². The van der Waals surface area contributed by atoms with E-state index >= 15 is 0 Å². The van der Waals surface area contributed by atoms with E-state index in [1.165, 1.54) is 5.56 Å². The van der Waals surface area contributed by atoms with Gasteiger partial charge in [-0.2, -0.15) is 0 Å². The number of nitrogens with zero attached hydrogens (tertiary/aromatic N) is 3. The first kappa shape index (κ1) is 9.84. The lowest BCUT2D eigenvalue weighted by Gasteiger charge is -2.07. The van der Waals surface area contributed by atoms with Gasteiger partial charge in [0.05, 0.1) is 0 Å². The van der Waals surface area contributed by atoms with Crippen LogP contribution in [0.25, 0.3) is 5.65 Å². The molecule has 0 amide bonds. The summed E-state index contributed by atoms with van der Waals surface area (Å²) in [6, 6.07) is 13.6. The molecule has 4 nitrogen and oxygen atoms in total. The molecule has 0 unspecified atom stereocenters. The molecule has 3 aromatic rings. The number of rotatable bonds is 2. The molecule has 0 radical (unpaired) electrons. The van der Waals surface area contributed by atoms with Gasteiger partial charge < -0.3 is 4.74 Å². The summed E-state index contributed by atoms with van der Waals surface area (Å²) in [6.45, 7) is 2.03. The largest absolute Gasteiger partial charge is 0.440 e. The maximum atomic E-state index is 5.81. The number of benzene rings is 1. The highest BCUT2D eigenvalue weighted by Crippen LogP contribution is 2.22. The number of aromatic nitrogens is 3. The Bertz CT molecular complexity index is 660. The molecule has 2 heterocycles. The Morgan fingerprint density at radius 3 is 2.88 bits per heavy atom. The zero-order chi connectivity index (χ0) is 11.7. The Morgan fingerprint density at radius 2 is 2.00 bits per heavy atom. The lowest BCUT2D eigenvalue weighted by atomic mass is 10.2. The van der Waals surface area contributed by atoms with Crippen molar-refractivity contribution in [2.24, 2.45) is 0 Å². The number of pyridine rings is 1. The maximum Gasteiger partial charge on any atom is 0.207 e. The third kappa shape index (κ3) is 1.85. The minimum absolute atomic E-state index is 0.707. The molecule has 2 aromatic heterocycles. The topological polar surface area (TPSA) is 39.4 Å². The van der Waals surface area contributed by atoms with Gasteiger partial charge in [-0.1, -0.05) is 18.2 Å². The van der Waals surface area contributed by atoms with E-state index in [0.717, 1.165) is 11.4 Å². The SMILES string of the molecule is Cc1cccc(Oc2cccc3nncn23)c1. The lowest BCUT2D eigenvalue weighted by Crippen LogP contribution is -1.92. The summed E-state index contributed by atoms with van der Waals surface area (Å²) in [5.74, 6) is 1.52. The van der Waals surface area contributed by atoms with E-state index < -0.39 is 0 Å². The second-order valence-corrected chi connectivity index (χ2v) is 3.84. The zero-order valence-corrected chi connectivity index (χ0v) is 9.37. The molecular formula is C13H11N3O. The summed E-state index contributed by atoms with van der Waals surface area (Å²) in [6.07, 6.45) is 1.64. The number of aryl methyl sites for hydroxylation is 1. The Labute approximate surface area is 98.5 Å². The van der Waals surface area contributed by atoms with Gasteiger partial charge in [-0.05, 0) is 36.8 Å². The van der Waals surface area contributed by atoms with E-state index in [9.17, 15) is 0 Å². The minimum atomic E-state index is 0.707. The Hall–Kier alpha value is -2.36. The van der Waals surface area contributed by atoms with Gasteiger partial charge in [-0.15, -0.1) is 10.2 Å². The van der Waals surface area contributed by atoms with Crippen molar-refractivity contribution in [1.82, 2.24) is 14.6 Å². The fraction of sp³-hybridized carbons (Fsp3) is 0.0769. The molecule has 0 aliphatic carbocycles. The Balaban J connectivity index is 2.02. The number of hydrogen-bond acceptors (Lipinski definition) is 3. The van der Waals surface area contributed by atoms with Crippen LogP contribution in [0.4, 0.5) is 0 Å². The third-order valence-electron chi connectivity index (χ3n) is 2.51. The van der Waals surface area contributed by atoms with Gasteiger partial charge in [0.15, 0.2) is 5.65 Å². The molecule has 0 atom stereocenters. The second kappa shape index (κ2) is 3.90. The molecule has 0 fully saturated rings. The van der Waals surface area contributed by atoms with Crippen LogP contribution in [0.5, 0.6) is 11.6 Å². The highest BCUT2D eigenvalue weighted by atomic mass is 16.5. The smallest absolute Gasteiger partial charge is 0.207 e. The predicted molar refractivity (Wildman–Crippen MR) is 64.2 cm³/mol. The molecule has 84 valence electrons. The van der Waals surface area contributed by atoms with Crippen molar-refractivity contribution < 1.29 is 4.74 Å². The highest BCUT2D eigenvalue weighted by molar-refractivity contribution is 5.41. The van der Waals surface area contributed by atoms with Crippen molar-refractivity contribution >= 4 is 5.65 Å². The summed E-state index contributed by atoms with van der Waals surface area (Å²) in [5.41, 5.74) is 1.94. The molecule has 0 bridgehead atoms. The fourth-order valence-electron chi connectivity index (χ4n) is 1.71. The number of fused-ring (bicyclic) bond motifs is 1. The van der Waals surface area contributed by atoms with Gasteiger partial charge in [-0.3, -0.25) is 4.40 Å². The van der Waals surface area contributed by atoms with Crippen molar-refractivity contribution in [1.29, 1.82) is 0 Å². The molecule has 1 aromatic carbocycles. The summed E-state index contributed by atoms with van der Waals surface area (Å²) >= 11 is 0. The van der Waals surface area contributed by atoms with Crippen LogP contribution in [0.1, 0.15) is 5.56 Å². The predicted octanol–water partition coefficient (Wildman–Crippen LogP) is 2.83. The third-order valence-corrected chi connectivity index (χ3v) is 2.51. The highest BCUT2D eigenvalue weighted by Gasteiger charge is 2.03. The molecule has 0 N–H and O–H groups in total. The van der Waals surface area contributed by atoms with Gasteiger partial charge in [0.25, 0.3) is 0 Å². The van der Waals surface area contributed by atoms with Crippen LogP contribution in [0.15, 0.2) is 48.8 Å². The molecule has 0 aliphatic rings. The van der Waals surface area contributed by atoms with E-state index in [2.05, 4.69) is 10.2 Å². The van der Waals surface area contributed by atoms with Crippen molar-refractivity contribution in [2.45, 2.75) is 6.92 Å². The van der Waals surface area contributed by atoms with Crippen molar-refractivity contribution in [3.05, 3.63) is 54.4 Å². The van der Waals surface area contributed by atoms with E-state index in [1.54, 1.807) is 6.33 Å². The second-order valence-electron chi connectivity index (χ2n) is 3.84. The van der Waals surface area contributed by atoms with Crippen LogP contribution in [-0.4, -0.2) is 14.6 Å². The minimum Gasteiger partial charge on any atom is -0.440 e. The average Bonchev–Trinajstić information content (AvgIpc) is 2.78. The molecule has 0 aliphatic heterocycles. The number of ether oxygens (including phenoxy) is 1. The van der Waals surface area contributed by atoms with E-state index in [0.29, 0.717) is 5.88 Å². The quantitative estimate of drug-likeness (QED) is 0.673. The van der Waals surface area contributed by atoms with Crippen LogP contribution >= 0.6 is 0 Å². The van der Waals surface area contributed by atoms with Gasteiger partial charge in [0.2, 0.25) is 5.88 Å². The van der Waals surface area contributed by atoms with Crippen LogP contribution in [0, 0.1) is 6.92 Å². The molecule has 0 saturated heterocycles. The first-order chi connectivity index (χ1) is 8.33. The standard InChI is InChI=1S/C13H11N3O/c1-10-4-2-5-11(8-10)17-13-7-3-6-12-15-14-9-16(12)13/h2-9H,1H3. The summed E-state index contributed by atoms with van der Waals surface area (Å²) in [5, 5.41) is 7.83. The normalized spacial score (nSPS) is 10.6. The average molecular weight is 225 g/mol. The maximum absolute atomic E-state index is 5.81. The van der Waals surface area contributed by atoms with E-state index in [-0.39, 0.29) is 0 Å². The first-order valence-corrected chi connectivity index (χ1v) is 5.36. The molecule has 3 rings (SSSR count). The van der Waals surface area contributed by atoms with Crippen molar-refractivity contribution in [3.63, 3.8) is 0 Å². The van der Waals surface area contributed by atoms with Crippen LogP contribution < -0.4 is 4.74 Å². The van der Waals surface area contributed by atoms with Gasteiger partial charge >= 0.3 is 0 Å². The Kier molecular flexibility index (Phi) is 2.26. The van der Waals surface area contributed by atoms with E-state index in [4.69, 9.17) is 4.74 Å². The first-order valence-electron chi connectivity index (χ1n) is 5.36. The fourth-order valence-corrected chi connectivity index (χ4v) is 1.71. The van der Waals surface area contributed by atoms with Gasteiger partial charge in [0, 0.05) is 0 Å². The lowest BCUT2D eigenvalue weighted by molar-refractivity contribution is 0.455. The van der Waals surface area contributed by atoms with E-state index in [1.807, 2.05) is 53.8 Å². The summed E-state index contributed by atoms with van der Waals surface area (Å²) in [4.78, 5) is 0. The molecule has 0 saturated carbocycles. The number of hydrogen-bond donors (Lipinski definition) is 0.